The van der Waals surface area contributed by atoms with E-state index in [2.05, 4.69) is 40.8 Å². The van der Waals surface area contributed by atoms with Crippen LogP contribution in [-0.4, -0.2) is 38.7 Å². The Labute approximate surface area is 156 Å². The van der Waals surface area contributed by atoms with Crippen LogP contribution in [0.3, 0.4) is 0 Å². The van der Waals surface area contributed by atoms with Gasteiger partial charge in [0.1, 0.15) is 0 Å². The van der Waals surface area contributed by atoms with E-state index in [0.29, 0.717) is 6.42 Å². The molecule has 5 heteroatoms. The van der Waals surface area contributed by atoms with Crippen molar-refractivity contribution in [2.24, 2.45) is 17.3 Å². The zero-order valence-electron chi connectivity index (χ0n) is 18.4. The van der Waals surface area contributed by atoms with Crippen molar-refractivity contribution in [3.63, 3.8) is 0 Å². The van der Waals surface area contributed by atoms with Crippen LogP contribution in [0.2, 0.25) is 18.1 Å². The van der Waals surface area contributed by atoms with Crippen molar-refractivity contribution in [1.29, 1.82) is 0 Å². The average Bonchev–Trinajstić information content (AvgIpc) is 2.42. The molecule has 0 saturated heterocycles. The molecule has 0 spiro atoms. The molecule has 4 atom stereocenters. The zero-order chi connectivity index (χ0) is 20.2. The standard InChI is InChI=1S/C20H42O4Si/c1-14(13-17(21)19(3,4)5)12-16(15(2)18(22)23-9)24-25(10,11)20(6,7)8/h14-17,21H,12-13H2,1-11H3/t14-,15-,16-,17-/m0/s1. The van der Waals surface area contributed by atoms with Crippen molar-refractivity contribution in [3.05, 3.63) is 0 Å². The van der Waals surface area contributed by atoms with E-state index in [9.17, 15) is 9.90 Å². The maximum absolute atomic E-state index is 12.1. The summed E-state index contributed by atoms with van der Waals surface area (Å²) in [4.78, 5) is 12.1. The number of rotatable bonds is 8. The molecular weight excluding hydrogens is 332 g/mol. The highest BCUT2D eigenvalue weighted by molar-refractivity contribution is 6.74. The molecule has 0 unspecified atom stereocenters. The van der Waals surface area contributed by atoms with E-state index in [1.54, 1.807) is 0 Å². The lowest BCUT2D eigenvalue weighted by Crippen LogP contribution is -2.47. The molecule has 0 rings (SSSR count). The van der Waals surface area contributed by atoms with Gasteiger partial charge in [0.05, 0.1) is 25.2 Å². The number of carbonyl (C=O) groups excluding carboxylic acids is 1. The quantitative estimate of drug-likeness (QED) is 0.479. The Balaban J connectivity index is 5.25. The van der Waals surface area contributed by atoms with Gasteiger partial charge >= 0.3 is 5.97 Å². The number of aliphatic hydroxyl groups is 1. The molecule has 1 N–H and O–H groups in total. The van der Waals surface area contributed by atoms with Gasteiger partial charge in [-0.15, -0.1) is 0 Å². The summed E-state index contributed by atoms with van der Waals surface area (Å²) < 4.78 is 11.5. The van der Waals surface area contributed by atoms with E-state index in [1.807, 2.05) is 27.7 Å². The summed E-state index contributed by atoms with van der Waals surface area (Å²) in [6.45, 7) is 21.2. The Morgan fingerprint density at radius 1 is 1.04 bits per heavy atom. The van der Waals surface area contributed by atoms with Gasteiger partial charge < -0.3 is 14.3 Å². The summed E-state index contributed by atoms with van der Waals surface area (Å²) in [5.41, 5.74) is -0.141. The summed E-state index contributed by atoms with van der Waals surface area (Å²) >= 11 is 0. The Kier molecular flexibility index (Phi) is 8.86. The van der Waals surface area contributed by atoms with E-state index >= 15 is 0 Å². The van der Waals surface area contributed by atoms with Gasteiger partial charge in [-0.1, -0.05) is 48.5 Å². The highest BCUT2D eigenvalue weighted by atomic mass is 28.4. The molecule has 0 aromatic rings. The van der Waals surface area contributed by atoms with Crippen LogP contribution in [0, 0.1) is 17.3 Å². The van der Waals surface area contributed by atoms with Crippen molar-refractivity contribution in [3.8, 4) is 0 Å². The Bertz CT molecular complexity index is 420. The van der Waals surface area contributed by atoms with Gasteiger partial charge in [0.15, 0.2) is 8.32 Å². The lowest BCUT2D eigenvalue weighted by atomic mass is 9.82. The molecule has 0 heterocycles. The van der Waals surface area contributed by atoms with Gasteiger partial charge in [-0.2, -0.15) is 0 Å². The summed E-state index contributed by atoms with van der Waals surface area (Å²) in [6, 6.07) is 0. The Morgan fingerprint density at radius 3 is 1.88 bits per heavy atom. The first kappa shape index (κ1) is 24.6. The van der Waals surface area contributed by atoms with Crippen LogP contribution < -0.4 is 0 Å². The summed E-state index contributed by atoms with van der Waals surface area (Å²) in [7, 11) is -0.577. The van der Waals surface area contributed by atoms with Crippen molar-refractivity contribution < 1.29 is 19.1 Å². The molecule has 0 aromatic carbocycles. The number of ether oxygens (including phenoxy) is 1. The largest absolute Gasteiger partial charge is 0.469 e. The highest BCUT2D eigenvalue weighted by Crippen LogP contribution is 2.39. The number of methoxy groups -OCH3 is 1. The third-order valence-electron chi connectivity index (χ3n) is 5.64. The molecule has 0 saturated carbocycles. The third-order valence-corrected chi connectivity index (χ3v) is 10.1. The maximum Gasteiger partial charge on any atom is 0.310 e. The van der Waals surface area contributed by atoms with Gasteiger partial charge in [-0.3, -0.25) is 4.79 Å². The molecule has 25 heavy (non-hydrogen) atoms. The van der Waals surface area contributed by atoms with Crippen LogP contribution >= 0.6 is 0 Å². The molecule has 0 amide bonds. The molecule has 0 aromatic heterocycles. The minimum Gasteiger partial charge on any atom is -0.469 e. The molecule has 0 aliphatic heterocycles. The van der Waals surface area contributed by atoms with E-state index < -0.39 is 8.32 Å². The Hall–Kier alpha value is -0.393. The van der Waals surface area contributed by atoms with E-state index in [1.165, 1.54) is 7.11 Å². The van der Waals surface area contributed by atoms with Crippen molar-refractivity contribution in [2.45, 2.75) is 98.6 Å². The molecule has 150 valence electrons. The predicted octanol–water partition coefficient (Wildman–Crippen LogP) is 5.01. The molecule has 0 radical (unpaired) electrons. The van der Waals surface area contributed by atoms with Crippen LogP contribution in [0.15, 0.2) is 0 Å². The minimum atomic E-state index is -2.00. The first-order chi connectivity index (χ1) is 11.0. The first-order valence-corrected chi connectivity index (χ1v) is 12.4. The fourth-order valence-corrected chi connectivity index (χ4v) is 3.89. The molecule has 0 aliphatic carbocycles. The molecule has 0 bridgehead atoms. The van der Waals surface area contributed by atoms with E-state index in [4.69, 9.17) is 9.16 Å². The zero-order valence-corrected chi connectivity index (χ0v) is 19.4. The summed E-state index contributed by atoms with van der Waals surface area (Å²) in [5.74, 6) is -0.281. The van der Waals surface area contributed by atoms with Crippen LogP contribution in [-0.2, 0) is 14.0 Å². The lowest BCUT2D eigenvalue weighted by molar-refractivity contribution is -0.148. The topological polar surface area (TPSA) is 55.8 Å². The number of hydrogen-bond acceptors (Lipinski definition) is 4. The Morgan fingerprint density at radius 2 is 1.52 bits per heavy atom. The number of aliphatic hydroxyl groups excluding tert-OH is 1. The molecule has 0 aliphatic rings. The van der Waals surface area contributed by atoms with Gasteiger partial charge in [-0.25, -0.2) is 0 Å². The average molecular weight is 375 g/mol. The second-order valence-corrected chi connectivity index (χ2v) is 14.9. The first-order valence-electron chi connectivity index (χ1n) is 9.46. The number of esters is 1. The highest BCUT2D eigenvalue weighted by Gasteiger charge is 2.41. The second-order valence-electron chi connectivity index (χ2n) is 10.2. The van der Waals surface area contributed by atoms with Gasteiger partial charge in [-0.05, 0) is 49.2 Å². The van der Waals surface area contributed by atoms with Crippen LogP contribution in [0.5, 0.6) is 0 Å². The lowest BCUT2D eigenvalue weighted by Gasteiger charge is -2.41. The maximum atomic E-state index is 12.1. The van der Waals surface area contributed by atoms with Gasteiger partial charge in [0.25, 0.3) is 0 Å². The fourth-order valence-electron chi connectivity index (χ4n) is 2.47. The monoisotopic (exact) mass is 374 g/mol. The van der Waals surface area contributed by atoms with E-state index in [0.717, 1.165) is 6.42 Å². The van der Waals surface area contributed by atoms with Crippen molar-refractivity contribution >= 4 is 14.3 Å². The van der Waals surface area contributed by atoms with Crippen LogP contribution in [0.25, 0.3) is 0 Å². The molecule has 0 fully saturated rings. The SMILES string of the molecule is COC(=O)[C@@H](C)[C@H](C[C@H](C)C[C@H](O)C(C)(C)C)O[Si](C)(C)C(C)(C)C. The normalized spacial score (nSPS) is 18.4. The summed E-state index contributed by atoms with van der Waals surface area (Å²) in [5, 5.41) is 10.5. The van der Waals surface area contributed by atoms with Crippen molar-refractivity contribution in [2.75, 3.05) is 7.11 Å². The minimum absolute atomic E-state index is 0.0786. The van der Waals surface area contributed by atoms with Gasteiger partial charge in [0, 0.05) is 0 Å². The van der Waals surface area contributed by atoms with Gasteiger partial charge in [0.2, 0.25) is 0 Å². The fraction of sp³-hybridized carbons (Fsp3) is 0.950. The number of hydrogen-bond donors (Lipinski definition) is 1. The van der Waals surface area contributed by atoms with E-state index in [-0.39, 0.29) is 40.5 Å². The smallest absolute Gasteiger partial charge is 0.310 e. The number of carbonyl (C=O) groups is 1. The third kappa shape index (κ3) is 7.79. The van der Waals surface area contributed by atoms with Crippen molar-refractivity contribution in [1.82, 2.24) is 0 Å². The van der Waals surface area contributed by atoms with Crippen LogP contribution in [0.1, 0.15) is 68.2 Å². The van der Waals surface area contributed by atoms with Crippen LogP contribution in [0.4, 0.5) is 0 Å². The predicted molar refractivity (Wildman–Crippen MR) is 107 cm³/mol. The summed E-state index contributed by atoms with van der Waals surface area (Å²) in [6.07, 6.45) is 0.893. The second kappa shape index (κ2) is 9.00. The molecular formula is C20H42O4Si. The molecule has 4 nitrogen and oxygen atoms in total.